The predicted molar refractivity (Wildman–Crippen MR) is 55.9 cm³/mol. The van der Waals surface area contributed by atoms with Gasteiger partial charge in [-0.05, 0) is 13.0 Å². The van der Waals surface area contributed by atoms with Crippen LogP contribution in [0.25, 0.3) is 0 Å². The fourth-order valence-corrected chi connectivity index (χ4v) is 1.13. The first-order valence-corrected chi connectivity index (χ1v) is 4.15. The molecule has 0 radical (unpaired) electrons. The fourth-order valence-electron chi connectivity index (χ4n) is 1.13. The Hall–Kier alpha value is -2.12. The number of allylic oxidation sites excluding steroid dienone is 2. The topological polar surface area (TPSA) is 63.4 Å². The molecule has 1 aliphatic rings. The first-order valence-electron chi connectivity index (χ1n) is 4.15. The molecule has 1 aliphatic heterocycles. The Labute approximate surface area is 87.7 Å². The minimum Gasteiger partial charge on any atom is -0.267 e. The van der Waals surface area contributed by atoms with Crippen molar-refractivity contribution in [2.24, 2.45) is 5.84 Å². The van der Waals surface area contributed by atoms with Crippen molar-refractivity contribution < 1.29 is 9.59 Å². The largest absolute Gasteiger partial charge is 0.275 e. The molecule has 0 aliphatic carbocycles. The van der Waals surface area contributed by atoms with Gasteiger partial charge in [0.15, 0.2) is 0 Å². The van der Waals surface area contributed by atoms with Crippen LogP contribution >= 0.6 is 0 Å². The van der Waals surface area contributed by atoms with E-state index >= 15 is 0 Å². The quantitative estimate of drug-likeness (QED) is 0.218. The number of hydrogen-bond donors (Lipinski definition) is 1. The van der Waals surface area contributed by atoms with Crippen LogP contribution in [0.15, 0.2) is 36.0 Å². The van der Waals surface area contributed by atoms with Gasteiger partial charge in [-0.3, -0.25) is 9.59 Å². The average molecular weight is 202 g/mol. The Kier molecular flexibility index (Phi) is 2.88. The van der Waals surface area contributed by atoms with Crippen molar-refractivity contribution in [1.82, 2.24) is 5.01 Å². The highest BCUT2D eigenvalue weighted by Gasteiger charge is 2.35. The van der Waals surface area contributed by atoms with Crippen LogP contribution in [0.1, 0.15) is 6.92 Å². The molecule has 4 heteroatoms. The third-order valence-corrected chi connectivity index (χ3v) is 1.86. The minimum atomic E-state index is -0.594. The summed E-state index contributed by atoms with van der Waals surface area (Å²) < 4.78 is 0. The molecule has 1 heterocycles. The van der Waals surface area contributed by atoms with Gasteiger partial charge < -0.3 is 0 Å². The number of hydrazine groups is 1. The average Bonchev–Trinajstić information content (AvgIpc) is 2.36. The third kappa shape index (κ3) is 1.87. The molecule has 0 aromatic rings. The first kappa shape index (κ1) is 11.0. The van der Waals surface area contributed by atoms with Gasteiger partial charge in [0.25, 0.3) is 11.8 Å². The molecular weight excluding hydrogens is 192 g/mol. The number of nitrogens with zero attached hydrogens (tertiary/aromatic N) is 1. The zero-order valence-electron chi connectivity index (χ0n) is 8.33. The summed E-state index contributed by atoms with van der Waals surface area (Å²) in [5.74, 6) is 9.33. The van der Waals surface area contributed by atoms with E-state index in [0.29, 0.717) is 10.6 Å². The standard InChI is InChI=1S/C11H10N2O2/c1-4-5-7(2)6-9-8(3)10(14)13(12)11(9)15/h6H,2-3,12H2,1H3/b9-6+. The predicted octanol–water partition coefficient (Wildman–Crippen LogP) is 0.291. The Morgan fingerprint density at radius 2 is 2.07 bits per heavy atom. The molecule has 2 amide bonds. The van der Waals surface area contributed by atoms with Gasteiger partial charge in [-0.2, -0.15) is 0 Å². The van der Waals surface area contributed by atoms with Crippen molar-refractivity contribution in [1.29, 1.82) is 0 Å². The van der Waals surface area contributed by atoms with E-state index in [9.17, 15) is 9.59 Å². The number of hydrogen-bond acceptors (Lipinski definition) is 3. The number of imide groups is 1. The van der Waals surface area contributed by atoms with Gasteiger partial charge in [-0.15, -0.1) is 5.92 Å². The lowest BCUT2D eigenvalue weighted by Gasteiger charge is -2.01. The van der Waals surface area contributed by atoms with E-state index in [2.05, 4.69) is 25.0 Å². The van der Waals surface area contributed by atoms with Crippen molar-refractivity contribution in [3.63, 3.8) is 0 Å². The maximum absolute atomic E-state index is 11.4. The van der Waals surface area contributed by atoms with Gasteiger partial charge in [0.2, 0.25) is 0 Å². The summed E-state index contributed by atoms with van der Waals surface area (Å²) in [6.45, 7) is 8.74. The van der Waals surface area contributed by atoms with Crippen LogP contribution in [0.3, 0.4) is 0 Å². The summed E-state index contributed by atoms with van der Waals surface area (Å²) in [6, 6.07) is 0. The highest BCUT2D eigenvalue weighted by molar-refractivity contribution is 6.23. The SMILES string of the molecule is C=C(C#CC)/C=C1\C(=C)C(=O)N(N)C1=O. The van der Waals surface area contributed by atoms with E-state index in [-0.39, 0.29) is 11.1 Å². The van der Waals surface area contributed by atoms with Crippen LogP contribution in [-0.2, 0) is 9.59 Å². The van der Waals surface area contributed by atoms with Gasteiger partial charge in [-0.1, -0.05) is 19.1 Å². The van der Waals surface area contributed by atoms with Crippen LogP contribution in [-0.4, -0.2) is 16.8 Å². The summed E-state index contributed by atoms with van der Waals surface area (Å²) in [6.07, 6.45) is 1.41. The molecule has 4 nitrogen and oxygen atoms in total. The molecular formula is C11H10N2O2. The molecule has 0 spiro atoms. The molecule has 2 N–H and O–H groups in total. The van der Waals surface area contributed by atoms with Crippen LogP contribution in [0.5, 0.6) is 0 Å². The third-order valence-electron chi connectivity index (χ3n) is 1.86. The maximum atomic E-state index is 11.4. The number of rotatable bonds is 1. The van der Waals surface area contributed by atoms with Crippen molar-refractivity contribution in [2.45, 2.75) is 6.92 Å². The van der Waals surface area contributed by atoms with Gasteiger partial charge in [0.1, 0.15) is 0 Å². The van der Waals surface area contributed by atoms with E-state index < -0.39 is 11.8 Å². The molecule has 0 bridgehead atoms. The molecule has 76 valence electrons. The molecule has 1 saturated heterocycles. The van der Waals surface area contributed by atoms with Crippen LogP contribution in [0.4, 0.5) is 0 Å². The molecule has 0 aromatic carbocycles. The second kappa shape index (κ2) is 3.95. The zero-order chi connectivity index (χ0) is 11.6. The highest BCUT2D eigenvalue weighted by Crippen LogP contribution is 2.21. The zero-order valence-corrected chi connectivity index (χ0v) is 8.33. The molecule has 1 fully saturated rings. The lowest BCUT2D eigenvalue weighted by Crippen LogP contribution is -2.36. The van der Waals surface area contributed by atoms with E-state index in [1.54, 1.807) is 6.92 Å². The normalized spacial score (nSPS) is 18.1. The molecule has 0 aromatic heterocycles. The lowest BCUT2D eigenvalue weighted by molar-refractivity contribution is -0.136. The Morgan fingerprint density at radius 3 is 2.47 bits per heavy atom. The number of amides is 2. The second-order valence-corrected chi connectivity index (χ2v) is 2.92. The Morgan fingerprint density at radius 1 is 1.47 bits per heavy atom. The Balaban J connectivity index is 3.11. The van der Waals surface area contributed by atoms with Gasteiger partial charge in [-0.25, -0.2) is 10.9 Å². The summed E-state index contributed by atoms with van der Waals surface area (Å²) in [5.41, 5.74) is 0.655. The van der Waals surface area contributed by atoms with Crippen molar-refractivity contribution >= 4 is 11.8 Å². The number of carbonyl (C=O) groups is 2. The Bertz CT molecular complexity index is 461. The maximum Gasteiger partial charge on any atom is 0.275 e. The number of nitrogens with two attached hydrogens (primary N) is 1. The molecule has 0 unspecified atom stereocenters. The molecule has 0 saturated carbocycles. The smallest absolute Gasteiger partial charge is 0.267 e. The second-order valence-electron chi connectivity index (χ2n) is 2.92. The van der Waals surface area contributed by atoms with Crippen LogP contribution < -0.4 is 5.84 Å². The number of carbonyl (C=O) groups excluding carboxylic acids is 2. The summed E-state index contributed by atoms with van der Waals surface area (Å²) in [7, 11) is 0. The summed E-state index contributed by atoms with van der Waals surface area (Å²) in [5, 5.41) is 0.529. The van der Waals surface area contributed by atoms with Crippen molar-refractivity contribution in [3.05, 3.63) is 36.0 Å². The summed E-state index contributed by atoms with van der Waals surface area (Å²) in [4.78, 5) is 22.7. The van der Waals surface area contributed by atoms with Crippen molar-refractivity contribution in [3.8, 4) is 11.8 Å². The van der Waals surface area contributed by atoms with E-state index in [1.165, 1.54) is 6.08 Å². The molecule has 1 rings (SSSR count). The fraction of sp³-hybridized carbons (Fsp3) is 0.0909. The monoisotopic (exact) mass is 202 g/mol. The van der Waals surface area contributed by atoms with E-state index in [1.807, 2.05) is 0 Å². The van der Waals surface area contributed by atoms with E-state index in [4.69, 9.17) is 5.84 Å². The van der Waals surface area contributed by atoms with Crippen LogP contribution in [0.2, 0.25) is 0 Å². The van der Waals surface area contributed by atoms with Crippen molar-refractivity contribution in [2.75, 3.05) is 0 Å². The first-order chi connectivity index (χ1) is 6.99. The lowest BCUT2D eigenvalue weighted by atomic mass is 10.1. The summed E-state index contributed by atoms with van der Waals surface area (Å²) >= 11 is 0. The van der Waals surface area contributed by atoms with Gasteiger partial charge >= 0.3 is 0 Å². The van der Waals surface area contributed by atoms with Gasteiger partial charge in [0, 0.05) is 11.1 Å². The molecule has 0 atom stereocenters. The van der Waals surface area contributed by atoms with Crippen LogP contribution in [0, 0.1) is 11.8 Å². The minimum absolute atomic E-state index is 0.0709. The molecule has 15 heavy (non-hydrogen) atoms. The highest BCUT2D eigenvalue weighted by atomic mass is 16.2. The van der Waals surface area contributed by atoms with Gasteiger partial charge in [0.05, 0.1) is 5.57 Å². The van der Waals surface area contributed by atoms with E-state index in [0.717, 1.165) is 0 Å².